The molecule has 3 aliphatic heterocycles. The van der Waals surface area contributed by atoms with Gasteiger partial charge >= 0.3 is 0 Å². The molecule has 4 aliphatic rings. The highest BCUT2D eigenvalue weighted by Gasteiger charge is 2.48. The monoisotopic (exact) mass is 343 g/mol. The minimum atomic E-state index is -2.93. The van der Waals surface area contributed by atoms with Crippen LogP contribution in [0.4, 0.5) is 0 Å². The third-order valence-corrected chi connectivity index (χ3v) is 7.79. The van der Waals surface area contributed by atoms with Gasteiger partial charge in [-0.25, -0.2) is 8.42 Å². The van der Waals surface area contributed by atoms with E-state index >= 15 is 0 Å². The first-order chi connectivity index (χ1) is 11.0. The van der Waals surface area contributed by atoms with Gasteiger partial charge in [-0.1, -0.05) is 6.42 Å². The molecule has 4 fully saturated rings. The van der Waals surface area contributed by atoms with E-state index in [1.54, 1.807) is 0 Å². The minimum Gasteiger partial charge on any atom is -0.371 e. The molecule has 3 saturated heterocycles. The first kappa shape index (κ1) is 15.8. The number of morpholine rings is 1. The summed E-state index contributed by atoms with van der Waals surface area (Å²) in [5.74, 6) is 1.36. The number of fused-ring (bicyclic) bond motifs is 1. The molecule has 1 saturated carbocycles. The van der Waals surface area contributed by atoms with E-state index in [1.807, 2.05) is 4.90 Å². The number of sulfone groups is 1. The molecule has 0 radical (unpaired) electrons. The molecular weight excluding hydrogens is 318 g/mol. The number of amides is 1. The number of hydrogen-bond donors (Lipinski definition) is 0. The summed E-state index contributed by atoms with van der Waals surface area (Å²) in [6.45, 7) is 2.31. The third kappa shape index (κ3) is 2.91. The van der Waals surface area contributed by atoms with Crippen molar-refractivity contribution in [3.05, 3.63) is 0 Å². The molecule has 7 heteroatoms. The van der Waals surface area contributed by atoms with Gasteiger partial charge in [0.05, 0.1) is 30.3 Å². The average molecular weight is 343 g/mol. The largest absolute Gasteiger partial charge is 0.371 e. The van der Waals surface area contributed by atoms with Gasteiger partial charge in [0.1, 0.15) is 6.10 Å². The van der Waals surface area contributed by atoms with Crippen molar-refractivity contribution in [2.75, 3.05) is 37.8 Å². The van der Waals surface area contributed by atoms with Gasteiger partial charge in [-0.15, -0.1) is 0 Å². The van der Waals surface area contributed by atoms with Crippen LogP contribution in [0.2, 0.25) is 0 Å². The Morgan fingerprint density at radius 3 is 2.74 bits per heavy atom. The van der Waals surface area contributed by atoms with E-state index in [-0.39, 0.29) is 23.5 Å². The smallest absolute Gasteiger partial charge is 0.252 e. The molecular formula is C16H25NO5S. The molecule has 1 aliphatic carbocycles. The topological polar surface area (TPSA) is 72.9 Å². The van der Waals surface area contributed by atoms with Crippen LogP contribution in [0.1, 0.15) is 32.1 Å². The van der Waals surface area contributed by atoms with Crippen molar-refractivity contribution in [1.29, 1.82) is 0 Å². The molecule has 0 aromatic carbocycles. The Hall–Kier alpha value is -0.660. The van der Waals surface area contributed by atoms with Crippen LogP contribution >= 0.6 is 0 Å². The van der Waals surface area contributed by atoms with Gasteiger partial charge in [-0.3, -0.25) is 4.79 Å². The van der Waals surface area contributed by atoms with Crippen LogP contribution in [0.25, 0.3) is 0 Å². The van der Waals surface area contributed by atoms with Crippen molar-refractivity contribution in [3.8, 4) is 0 Å². The van der Waals surface area contributed by atoms with Gasteiger partial charge in [0.15, 0.2) is 9.84 Å². The minimum absolute atomic E-state index is 0.0931. The van der Waals surface area contributed by atoms with Crippen LogP contribution in [0, 0.1) is 11.8 Å². The Morgan fingerprint density at radius 2 is 1.96 bits per heavy atom. The van der Waals surface area contributed by atoms with Crippen LogP contribution in [0.15, 0.2) is 0 Å². The molecule has 6 nitrogen and oxygen atoms in total. The van der Waals surface area contributed by atoms with Gasteiger partial charge in [0.25, 0.3) is 5.91 Å². The molecule has 0 aromatic rings. The van der Waals surface area contributed by atoms with Gasteiger partial charge in [-0.2, -0.15) is 0 Å². The normalized spacial score (nSPS) is 38.6. The Labute approximate surface area is 137 Å². The maximum Gasteiger partial charge on any atom is 0.252 e. The van der Waals surface area contributed by atoms with Crippen LogP contribution < -0.4 is 0 Å². The Morgan fingerprint density at radius 1 is 1.17 bits per heavy atom. The lowest BCUT2D eigenvalue weighted by molar-refractivity contribution is -0.161. The zero-order valence-electron chi connectivity index (χ0n) is 13.4. The fourth-order valence-corrected chi connectivity index (χ4v) is 6.27. The summed E-state index contributed by atoms with van der Waals surface area (Å²) in [6.07, 6.45) is 4.18. The summed E-state index contributed by atoms with van der Waals surface area (Å²) in [7, 11) is -2.93. The van der Waals surface area contributed by atoms with Gasteiger partial charge < -0.3 is 14.4 Å². The molecule has 0 bridgehead atoms. The van der Waals surface area contributed by atoms with Crippen LogP contribution in [0.3, 0.4) is 0 Å². The zero-order valence-corrected chi connectivity index (χ0v) is 14.2. The summed E-state index contributed by atoms with van der Waals surface area (Å²) in [5, 5.41) is 0. The molecule has 130 valence electrons. The van der Waals surface area contributed by atoms with E-state index < -0.39 is 15.4 Å². The standard InChI is InChI=1S/C16H25NO5S/c18-15(14-13-3-1-2-12(13)10-21-14)17-6-7-22-16(11-17)4-8-23(19,20)9-5-16/h12-14H,1-11H2/t12-,13-,14+/m0/s1. The lowest BCUT2D eigenvalue weighted by Gasteiger charge is -2.45. The average Bonchev–Trinajstić information content (AvgIpc) is 3.14. The van der Waals surface area contributed by atoms with Gasteiger partial charge in [0.2, 0.25) is 0 Å². The maximum absolute atomic E-state index is 12.9. The lowest BCUT2D eigenvalue weighted by Crippen LogP contribution is -2.58. The SMILES string of the molecule is O=C([C@@H]1OC[C@@H]2CCC[C@@H]21)N1CCOC2(CCS(=O)(=O)CC2)C1. The van der Waals surface area contributed by atoms with Crippen molar-refractivity contribution >= 4 is 15.7 Å². The van der Waals surface area contributed by atoms with E-state index in [0.29, 0.717) is 44.4 Å². The summed E-state index contributed by atoms with van der Waals surface area (Å²) in [4.78, 5) is 14.8. The second kappa shape index (κ2) is 5.70. The summed E-state index contributed by atoms with van der Waals surface area (Å²) < 4.78 is 35.1. The van der Waals surface area contributed by atoms with Crippen molar-refractivity contribution in [2.24, 2.45) is 11.8 Å². The maximum atomic E-state index is 12.9. The predicted molar refractivity (Wildman–Crippen MR) is 83.7 cm³/mol. The highest BCUT2D eigenvalue weighted by atomic mass is 32.2. The second-order valence-corrected chi connectivity index (χ2v) is 9.86. The highest BCUT2D eigenvalue weighted by Crippen LogP contribution is 2.41. The molecule has 23 heavy (non-hydrogen) atoms. The van der Waals surface area contributed by atoms with Crippen LogP contribution in [-0.4, -0.2) is 68.7 Å². The number of nitrogens with zero attached hydrogens (tertiary/aromatic N) is 1. The number of ether oxygens (including phenoxy) is 2. The van der Waals surface area contributed by atoms with Crippen LogP contribution in [-0.2, 0) is 24.1 Å². The van der Waals surface area contributed by atoms with E-state index in [0.717, 1.165) is 13.0 Å². The summed E-state index contributed by atoms with van der Waals surface area (Å²) in [6, 6.07) is 0. The zero-order chi connectivity index (χ0) is 16.1. The highest BCUT2D eigenvalue weighted by molar-refractivity contribution is 7.91. The fraction of sp³-hybridized carbons (Fsp3) is 0.938. The first-order valence-corrected chi connectivity index (χ1v) is 10.6. The molecule has 1 spiro atoms. The molecule has 0 unspecified atom stereocenters. The summed E-state index contributed by atoms with van der Waals surface area (Å²) >= 11 is 0. The third-order valence-electron chi connectivity index (χ3n) is 6.14. The van der Waals surface area contributed by atoms with Gasteiger partial charge in [0, 0.05) is 13.1 Å². The predicted octanol–water partition coefficient (Wildman–Crippen LogP) is 0.608. The Bertz CT molecular complexity index is 575. The molecule has 0 aromatic heterocycles. The second-order valence-electron chi connectivity index (χ2n) is 7.55. The Balaban J connectivity index is 1.44. The lowest BCUT2D eigenvalue weighted by atomic mass is 9.91. The molecule has 4 rings (SSSR count). The molecule has 1 amide bonds. The molecule has 0 N–H and O–H groups in total. The van der Waals surface area contributed by atoms with Gasteiger partial charge in [-0.05, 0) is 37.5 Å². The van der Waals surface area contributed by atoms with E-state index in [1.165, 1.54) is 12.8 Å². The number of carbonyl (C=O) groups is 1. The van der Waals surface area contributed by atoms with E-state index in [4.69, 9.17) is 9.47 Å². The number of hydrogen-bond acceptors (Lipinski definition) is 5. The van der Waals surface area contributed by atoms with Crippen molar-refractivity contribution < 1.29 is 22.7 Å². The fourth-order valence-electron chi connectivity index (χ4n) is 4.70. The van der Waals surface area contributed by atoms with E-state index in [9.17, 15) is 13.2 Å². The van der Waals surface area contributed by atoms with Crippen molar-refractivity contribution in [2.45, 2.75) is 43.8 Å². The molecule has 3 atom stereocenters. The number of rotatable bonds is 1. The quantitative estimate of drug-likeness (QED) is 0.697. The molecule has 3 heterocycles. The summed E-state index contributed by atoms with van der Waals surface area (Å²) in [5.41, 5.74) is -0.465. The van der Waals surface area contributed by atoms with Crippen molar-refractivity contribution in [3.63, 3.8) is 0 Å². The first-order valence-electron chi connectivity index (χ1n) is 8.73. The van der Waals surface area contributed by atoms with Crippen molar-refractivity contribution in [1.82, 2.24) is 4.90 Å². The van der Waals surface area contributed by atoms with Crippen LogP contribution in [0.5, 0.6) is 0 Å². The van der Waals surface area contributed by atoms with E-state index in [2.05, 4.69) is 0 Å². The Kier molecular flexibility index (Phi) is 3.93. The number of carbonyl (C=O) groups excluding carboxylic acids is 1.